The van der Waals surface area contributed by atoms with E-state index in [0.717, 1.165) is 12.8 Å². The number of rotatable bonds is 6. The molecule has 0 bridgehead atoms. The van der Waals surface area contributed by atoms with E-state index in [0.29, 0.717) is 50.9 Å². The van der Waals surface area contributed by atoms with Gasteiger partial charge < -0.3 is 9.64 Å². The minimum absolute atomic E-state index is 0.125. The van der Waals surface area contributed by atoms with E-state index >= 15 is 0 Å². The van der Waals surface area contributed by atoms with Crippen molar-refractivity contribution in [2.24, 2.45) is 5.92 Å². The number of sulfonamides is 1. The number of hydrogen-bond donors (Lipinski definition) is 0. The van der Waals surface area contributed by atoms with Crippen molar-refractivity contribution < 1.29 is 17.9 Å². The van der Waals surface area contributed by atoms with E-state index in [1.807, 2.05) is 6.92 Å². The number of amides is 1. The Labute approximate surface area is 155 Å². The topological polar surface area (TPSA) is 66.9 Å². The van der Waals surface area contributed by atoms with Gasteiger partial charge in [-0.1, -0.05) is 12.2 Å². The third-order valence-electron chi connectivity index (χ3n) is 4.91. The average molecular weight is 378 g/mol. The molecule has 6 nitrogen and oxygen atoms in total. The molecule has 1 amide bonds. The normalized spacial score (nSPS) is 21.1. The lowest BCUT2D eigenvalue weighted by molar-refractivity contribution is -0.133. The molecule has 0 radical (unpaired) electrons. The van der Waals surface area contributed by atoms with Crippen molar-refractivity contribution in [2.75, 3.05) is 32.8 Å². The van der Waals surface area contributed by atoms with E-state index in [2.05, 4.69) is 12.2 Å². The molecule has 0 spiro atoms. The summed E-state index contributed by atoms with van der Waals surface area (Å²) in [4.78, 5) is 14.4. The molecule has 1 aliphatic heterocycles. The molecular weight excluding hydrogens is 352 g/mol. The summed E-state index contributed by atoms with van der Waals surface area (Å²) >= 11 is 0. The number of ether oxygens (including phenoxy) is 1. The Morgan fingerprint density at radius 2 is 1.85 bits per heavy atom. The Morgan fingerprint density at radius 3 is 2.42 bits per heavy atom. The molecule has 3 rings (SSSR count). The first-order chi connectivity index (χ1) is 12.5. The van der Waals surface area contributed by atoms with Crippen LogP contribution in [0.1, 0.15) is 26.2 Å². The highest BCUT2D eigenvalue weighted by molar-refractivity contribution is 7.89. The molecule has 1 saturated heterocycles. The first-order valence-corrected chi connectivity index (χ1v) is 10.6. The van der Waals surface area contributed by atoms with Crippen molar-refractivity contribution in [1.82, 2.24) is 9.21 Å². The molecule has 0 saturated carbocycles. The summed E-state index contributed by atoms with van der Waals surface area (Å²) < 4.78 is 32.4. The Hall–Kier alpha value is -1.86. The number of hydrogen-bond acceptors (Lipinski definition) is 4. The molecule has 0 N–H and O–H groups in total. The average Bonchev–Trinajstić information content (AvgIpc) is 3.15. The van der Waals surface area contributed by atoms with Crippen molar-refractivity contribution in [3.05, 3.63) is 36.4 Å². The lowest BCUT2D eigenvalue weighted by Gasteiger charge is -2.34. The van der Waals surface area contributed by atoms with Crippen LogP contribution < -0.4 is 4.74 Å². The first kappa shape index (κ1) is 18.9. The molecule has 1 aromatic carbocycles. The van der Waals surface area contributed by atoms with Crippen LogP contribution in [-0.2, 0) is 14.8 Å². The molecule has 2 aliphatic rings. The Morgan fingerprint density at radius 1 is 1.15 bits per heavy atom. The molecule has 142 valence electrons. The van der Waals surface area contributed by atoms with Gasteiger partial charge in [0.2, 0.25) is 15.9 Å². The summed E-state index contributed by atoms with van der Waals surface area (Å²) in [7, 11) is -3.54. The molecule has 0 aromatic heterocycles. The summed E-state index contributed by atoms with van der Waals surface area (Å²) in [6, 6.07) is 6.49. The van der Waals surface area contributed by atoms with Gasteiger partial charge >= 0.3 is 0 Å². The van der Waals surface area contributed by atoms with Crippen LogP contribution in [-0.4, -0.2) is 56.3 Å². The second-order valence-corrected chi connectivity index (χ2v) is 8.60. The van der Waals surface area contributed by atoms with Gasteiger partial charge in [-0.3, -0.25) is 4.79 Å². The zero-order valence-corrected chi connectivity index (χ0v) is 16.0. The second-order valence-electron chi connectivity index (χ2n) is 6.66. The fourth-order valence-corrected chi connectivity index (χ4v) is 4.84. The van der Waals surface area contributed by atoms with Gasteiger partial charge in [0.25, 0.3) is 0 Å². The number of allylic oxidation sites excluding steroid dienone is 2. The van der Waals surface area contributed by atoms with Gasteiger partial charge in [-0.25, -0.2) is 8.42 Å². The molecule has 1 aliphatic carbocycles. The Kier molecular flexibility index (Phi) is 5.98. The Balaban J connectivity index is 1.57. The van der Waals surface area contributed by atoms with Gasteiger partial charge in [-0.05, 0) is 49.9 Å². The molecule has 26 heavy (non-hydrogen) atoms. The van der Waals surface area contributed by atoms with Gasteiger partial charge in [-0.15, -0.1) is 0 Å². The zero-order chi connectivity index (χ0) is 18.6. The van der Waals surface area contributed by atoms with Crippen LogP contribution >= 0.6 is 0 Å². The van der Waals surface area contributed by atoms with Crippen LogP contribution in [0, 0.1) is 5.92 Å². The fourth-order valence-electron chi connectivity index (χ4n) is 3.42. The maximum Gasteiger partial charge on any atom is 0.243 e. The van der Waals surface area contributed by atoms with E-state index in [9.17, 15) is 13.2 Å². The standard InChI is InChI=1S/C19H26N2O4S/c1-2-25-17-7-9-18(10-8-17)26(23,24)21-13-11-20(12-14-21)19(22)15-16-5-3-4-6-16/h3,5,7-10,16H,2,4,6,11-15H2,1H3/t16-/m0/s1. The number of piperazine rings is 1. The van der Waals surface area contributed by atoms with Crippen LogP contribution in [0.5, 0.6) is 5.75 Å². The van der Waals surface area contributed by atoms with Crippen molar-refractivity contribution in [3.8, 4) is 5.75 Å². The number of carbonyl (C=O) groups excluding carboxylic acids is 1. The third kappa shape index (κ3) is 4.27. The molecule has 1 atom stereocenters. The maximum absolute atomic E-state index is 12.8. The lowest BCUT2D eigenvalue weighted by atomic mass is 10.0. The smallest absolute Gasteiger partial charge is 0.243 e. The fraction of sp³-hybridized carbons (Fsp3) is 0.526. The van der Waals surface area contributed by atoms with Gasteiger partial charge in [0.05, 0.1) is 11.5 Å². The lowest BCUT2D eigenvalue weighted by Crippen LogP contribution is -2.50. The van der Waals surface area contributed by atoms with Crippen LogP contribution in [0.2, 0.25) is 0 Å². The molecule has 0 unspecified atom stereocenters. The molecular formula is C19H26N2O4S. The summed E-state index contributed by atoms with van der Waals surface area (Å²) in [5.41, 5.74) is 0. The number of benzene rings is 1. The van der Waals surface area contributed by atoms with Crippen LogP contribution in [0.4, 0.5) is 0 Å². The van der Waals surface area contributed by atoms with E-state index in [-0.39, 0.29) is 10.8 Å². The van der Waals surface area contributed by atoms with Crippen LogP contribution in [0.3, 0.4) is 0 Å². The highest BCUT2D eigenvalue weighted by Crippen LogP contribution is 2.23. The highest BCUT2D eigenvalue weighted by Gasteiger charge is 2.30. The van der Waals surface area contributed by atoms with E-state index in [1.54, 1.807) is 29.2 Å². The Bertz CT molecular complexity index is 750. The van der Waals surface area contributed by atoms with Crippen LogP contribution in [0.25, 0.3) is 0 Å². The van der Waals surface area contributed by atoms with Gasteiger partial charge in [-0.2, -0.15) is 4.31 Å². The van der Waals surface area contributed by atoms with Crippen molar-refractivity contribution in [3.63, 3.8) is 0 Å². The highest BCUT2D eigenvalue weighted by atomic mass is 32.2. The third-order valence-corrected chi connectivity index (χ3v) is 6.83. The second kappa shape index (κ2) is 8.22. The monoisotopic (exact) mass is 378 g/mol. The minimum Gasteiger partial charge on any atom is -0.494 e. The van der Waals surface area contributed by atoms with Crippen molar-refractivity contribution in [1.29, 1.82) is 0 Å². The largest absolute Gasteiger partial charge is 0.494 e. The quantitative estimate of drug-likeness (QED) is 0.712. The van der Waals surface area contributed by atoms with Gasteiger partial charge in [0.15, 0.2) is 0 Å². The summed E-state index contributed by atoms with van der Waals surface area (Å²) in [6.45, 7) is 3.99. The summed E-state index contributed by atoms with van der Waals surface area (Å²) in [6.07, 6.45) is 6.86. The molecule has 1 heterocycles. The van der Waals surface area contributed by atoms with E-state index in [1.165, 1.54) is 4.31 Å². The maximum atomic E-state index is 12.8. The SMILES string of the molecule is CCOc1ccc(S(=O)(=O)N2CCN(C(=O)C[C@H]3C=CCC3)CC2)cc1. The van der Waals surface area contributed by atoms with Gasteiger partial charge in [0.1, 0.15) is 5.75 Å². The molecule has 7 heteroatoms. The molecule has 1 aromatic rings. The van der Waals surface area contributed by atoms with Gasteiger partial charge in [0, 0.05) is 32.6 Å². The summed E-state index contributed by atoms with van der Waals surface area (Å²) in [5, 5.41) is 0. The zero-order valence-electron chi connectivity index (χ0n) is 15.1. The minimum atomic E-state index is -3.54. The molecule has 1 fully saturated rings. The predicted molar refractivity (Wildman–Crippen MR) is 99.4 cm³/mol. The first-order valence-electron chi connectivity index (χ1n) is 9.18. The number of carbonyl (C=O) groups is 1. The van der Waals surface area contributed by atoms with E-state index < -0.39 is 10.0 Å². The van der Waals surface area contributed by atoms with Crippen molar-refractivity contribution in [2.45, 2.75) is 31.1 Å². The summed E-state index contributed by atoms with van der Waals surface area (Å²) in [5.74, 6) is 1.12. The predicted octanol–water partition coefficient (Wildman–Crippen LogP) is 2.27. The number of nitrogens with zero attached hydrogens (tertiary/aromatic N) is 2. The van der Waals surface area contributed by atoms with E-state index in [4.69, 9.17) is 4.74 Å². The van der Waals surface area contributed by atoms with Crippen LogP contribution in [0.15, 0.2) is 41.3 Å². The van der Waals surface area contributed by atoms with Crippen molar-refractivity contribution >= 4 is 15.9 Å².